The lowest BCUT2D eigenvalue weighted by atomic mass is 9.98. The SMILES string of the molecule is Cc1cc2ccccc2[s+]1-c1ccc(C(=O)OC(C)(C)c2ccc(OC(F)(F)F)cc2)cc1. The molecule has 0 N–H and O–H groups in total. The van der Waals surface area contributed by atoms with Crippen molar-refractivity contribution < 1.29 is 27.4 Å². The predicted molar refractivity (Wildman–Crippen MR) is 124 cm³/mol. The van der Waals surface area contributed by atoms with Crippen molar-refractivity contribution in [2.45, 2.75) is 32.7 Å². The molecule has 1 atom stereocenters. The van der Waals surface area contributed by atoms with E-state index in [1.54, 1.807) is 26.0 Å². The van der Waals surface area contributed by atoms with Gasteiger partial charge in [-0.3, -0.25) is 0 Å². The molecule has 0 saturated heterocycles. The minimum absolute atomic E-state index is 0.173. The Bertz CT molecular complexity index is 1290. The predicted octanol–water partition coefficient (Wildman–Crippen LogP) is 7.88. The number of hydrogen-bond acceptors (Lipinski definition) is 3. The third-order valence-electron chi connectivity index (χ3n) is 5.28. The molecule has 170 valence electrons. The minimum atomic E-state index is -4.76. The Morgan fingerprint density at radius 2 is 1.52 bits per heavy atom. The van der Waals surface area contributed by atoms with Crippen LogP contribution in [0.4, 0.5) is 13.2 Å². The lowest BCUT2D eigenvalue weighted by molar-refractivity contribution is -0.274. The molecule has 1 unspecified atom stereocenters. The number of aryl methyl sites for hydroxylation is 1. The summed E-state index contributed by atoms with van der Waals surface area (Å²) in [4.78, 5) is 15.2. The number of halogens is 3. The number of carbonyl (C=O) groups excluding carboxylic acids is 1. The summed E-state index contributed by atoms with van der Waals surface area (Å²) in [5.41, 5.74) is -0.0915. The monoisotopic (exact) mass is 471 g/mol. The van der Waals surface area contributed by atoms with Crippen molar-refractivity contribution in [2.24, 2.45) is 0 Å². The molecule has 0 aliphatic rings. The summed E-state index contributed by atoms with van der Waals surface area (Å²) < 4.78 is 47.9. The van der Waals surface area contributed by atoms with Crippen LogP contribution in [0.2, 0.25) is 0 Å². The van der Waals surface area contributed by atoms with Crippen molar-refractivity contribution >= 4 is 26.5 Å². The van der Waals surface area contributed by atoms with Crippen molar-refractivity contribution in [3.63, 3.8) is 0 Å². The van der Waals surface area contributed by atoms with Gasteiger partial charge in [-0.25, -0.2) is 4.79 Å². The van der Waals surface area contributed by atoms with Gasteiger partial charge in [0.1, 0.15) is 11.4 Å². The third kappa shape index (κ3) is 5.03. The van der Waals surface area contributed by atoms with Gasteiger partial charge in [0.15, 0.2) is 14.5 Å². The van der Waals surface area contributed by atoms with Gasteiger partial charge >= 0.3 is 12.3 Å². The number of rotatable bonds is 5. The highest BCUT2D eigenvalue weighted by Crippen LogP contribution is 2.43. The highest BCUT2D eigenvalue weighted by atomic mass is 32.2. The van der Waals surface area contributed by atoms with Gasteiger partial charge in [0, 0.05) is 28.8 Å². The smallest absolute Gasteiger partial charge is 0.451 e. The first-order chi connectivity index (χ1) is 15.5. The van der Waals surface area contributed by atoms with Crippen molar-refractivity contribution in [2.75, 3.05) is 0 Å². The zero-order valence-corrected chi connectivity index (χ0v) is 19.1. The van der Waals surface area contributed by atoms with E-state index in [0.29, 0.717) is 11.1 Å². The van der Waals surface area contributed by atoms with E-state index in [0.717, 1.165) is 4.90 Å². The Kier molecular flexibility index (Phi) is 5.93. The summed E-state index contributed by atoms with van der Waals surface area (Å²) >= 11 is 0. The van der Waals surface area contributed by atoms with Crippen LogP contribution in [-0.2, 0) is 10.3 Å². The number of hydrogen-bond donors (Lipinski definition) is 0. The molecular formula is C26H22F3O3S+. The molecule has 7 heteroatoms. The highest BCUT2D eigenvalue weighted by Gasteiger charge is 2.32. The molecular weight excluding hydrogens is 449 g/mol. The zero-order chi connectivity index (χ0) is 23.8. The first-order valence-corrected chi connectivity index (χ1v) is 11.5. The third-order valence-corrected chi connectivity index (χ3v) is 7.59. The van der Waals surface area contributed by atoms with E-state index in [-0.39, 0.29) is 16.2 Å². The van der Waals surface area contributed by atoms with Crippen LogP contribution >= 0.6 is 10.5 Å². The Morgan fingerprint density at radius 1 is 0.879 bits per heavy atom. The molecule has 3 aromatic carbocycles. The van der Waals surface area contributed by atoms with Crippen molar-refractivity contribution in [1.82, 2.24) is 0 Å². The zero-order valence-electron chi connectivity index (χ0n) is 18.3. The average molecular weight is 472 g/mol. The first-order valence-electron chi connectivity index (χ1n) is 10.2. The maximum atomic E-state index is 12.8. The highest BCUT2D eigenvalue weighted by molar-refractivity contribution is 7.45. The van der Waals surface area contributed by atoms with E-state index in [9.17, 15) is 18.0 Å². The van der Waals surface area contributed by atoms with Gasteiger partial charge in [-0.1, -0.05) is 24.3 Å². The van der Waals surface area contributed by atoms with Crippen LogP contribution in [0.1, 0.15) is 34.6 Å². The topological polar surface area (TPSA) is 35.5 Å². The summed E-state index contributed by atoms with van der Waals surface area (Å²) in [5.74, 6) is -0.841. The second-order valence-corrected chi connectivity index (χ2v) is 10.3. The molecule has 4 rings (SSSR count). The largest absolute Gasteiger partial charge is 0.573 e. The van der Waals surface area contributed by atoms with E-state index in [1.807, 2.05) is 24.3 Å². The van der Waals surface area contributed by atoms with Crippen molar-refractivity contribution in [1.29, 1.82) is 0 Å². The van der Waals surface area contributed by atoms with E-state index in [4.69, 9.17) is 4.74 Å². The number of carbonyl (C=O) groups is 1. The maximum absolute atomic E-state index is 12.8. The average Bonchev–Trinajstić information content (AvgIpc) is 3.08. The van der Waals surface area contributed by atoms with Crippen LogP contribution in [0.3, 0.4) is 0 Å². The molecule has 0 radical (unpaired) electrons. The number of fused-ring (bicyclic) bond motifs is 1. The van der Waals surface area contributed by atoms with Crippen molar-refractivity contribution in [3.05, 3.63) is 94.9 Å². The summed E-state index contributed by atoms with van der Waals surface area (Å²) in [5, 5.41) is 1.22. The van der Waals surface area contributed by atoms with Gasteiger partial charge in [0.25, 0.3) is 0 Å². The fourth-order valence-electron chi connectivity index (χ4n) is 3.68. The van der Waals surface area contributed by atoms with Gasteiger partial charge in [0.2, 0.25) is 0 Å². The lowest BCUT2D eigenvalue weighted by Crippen LogP contribution is -2.25. The normalized spacial score (nSPS) is 12.6. The Balaban J connectivity index is 1.51. The Morgan fingerprint density at radius 3 is 2.15 bits per heavy atom. The summed E-state index contributed by atoms with van der Waals surface area (Å²) in [7, 11) is -0.173. The molecule has 0 spiro atoms. The fourth-order valence-corrected chi connectivity index (χ4v) is 5.89. The minimum Gasteiger partial charge on any atom is -0.451 e. The van der Waals surface area contributed by atoms with Gasteiger partial charge in [0.05, 0.1) is 5.56 Å². The number of ether oxygens (including phenoxy) is 2. The molecule has 0 saturated carbocycles. The van der Waals surface area contributed by atoms with Gasteiger partial charge in [-0.05, 0) is 67.9 Å². The second kappa shape index (κ2) is 8.56. The number of esters is 1. The molecule has 33 heavy (non-hydrogen) atoms. The van der Waals surface area contributed by atoms with E-state index >= 15 is 0 Å². The number of alkyl halides is 3. The number of thiophene rings is 1. The van der Waals surface area contributed by atoms with Crippen LogP contribution in [0.5, 0.6) is 5.75 Å². The molecule has 4 aromatic rings. The summed E-state index contributed by atoms with van der Waals surface area (Å²) in [6, 6.07) is 23.1. The Labute approximate surface area is 192 Å². The molecule has 0 aliphatic carbocycles. The maximum Gasteiger partial charge on any atom is 0.573 e. The quantitative estimate of drug-likeness (QED) is 0.219. The van der Waals surface area contributed by atoms with Crippen LogP contribution in [0.15, 0.2) is 78.9 Å². The summed E-state index contributed by atoms with van der Waals surface area (Å²) in [6.45, 7) is 5.48. The van der Waals surface area contributed by atoms with E-state index in [1.165, 1.54) is 39.2 Å². The number of benzene rings is 3. The standard InChI is InChI=1S/C26H22F3O3S/c1-17-16-19-6-4-5-7-23(19)33(17)22-14-8-18(9-15-22)24(30)32-25(2,3)20-10-12-21(13-11-20)31-26(27,28)29/h4-16H,1-3H3/q+1. The molecule has 0 amide bonds. The van der Waals surface area contributed by atoms with E-state index in [2.05, 4.69) is 29.9 Å². The van der Waals surface area contributed by atoms with Gasteiger partial charge in [-0.2, -0.15) is 0 Å². The van der Waals surface area contributed by atoms with Crippen LogP contribution in [0, 0.1) is 6.92 Å². The molecule has 0 aliphatic heterocycles. The molecule has 1 aromatic heterocycles. The van der Waals surface area contributed by atoms with E-state index < -0.39 is 17.9 Å². The van der Waals surface area contributed by atoms with Gasteiger partial charge < -0.3 is 9.47 Å². The first kappa shape index (κ1) is 22.9. The molecule has 3 nitrogen and oxygen atoms in total. The summed E-state index contributed by atoms with van der Waals surface area (Å²) in [6.07, 6.45) is -4.76. The molecule has 0 fully saturated rings. The second-order valence-electron chi connectivity index (χ2n) is 8.10. The van der Waals surface area contributed by atoms with Crippen LogP contribution in [-0.4, -0.2) is 12.3 Å². The molecule has 1 heterocycles. The van der Waals surface area contributed by atoms with Crippen LogP contribution < -0.4 is 4.74 Å². The van der Waals surface area contributed by atoms with Crippen LogP contribution in [0.25, 0.3) is 15.0 Å². The Hall–Kier alpha value is -3.32. The lowest BCUT2D eigenvalue weighted by Gasteiger charge is -2.26. The van der Waals surface area contributed by atoms with Crippen molar-refractivity contribution in [3.8, 4) is 10.6 Å². The fraction of sp³-hybridized carbons (Fsp3) is 0.192. The molecule has 0 bridgehead atoms. The van der Waals surface area contributed by atoms with Gasteiger partial charge in [-0.15, -0.1) is 13.2 Å².